The summed E-state index contributed by atoms with van der Waals surface area (Å²) in [6.45, 7) is 9.09. The fourth-order valence-electron chi connectivity index (χ4n) is 3.21. The van der Waals surface area contributed by atoms with Crippen molar-refractivity contribution in [2.75, 3.05) is 54.6 Å². The first kappa shape index (κ1) is 25.4. The summed E-state index contributed by atoms with van der Waals surface area (Å²) < 4.78 is 17.7. The number of hydrogen-bond donors (Lipinski definition) is 0. The third-order valence-electron chi connectivity index (χ3n) is 4.26. The van der Waals surface area contributed by atoms with Crippen LogP contribution in [0, 0.1) is 0 Å². The van der Waals surface area contributed by atoms with Crippen molar-refractivity contribution >= 4 is 14.8 Å². The number of rotatable bonds is 15. The maximum Gasteiger partial charge on any atom is 0.500 e. The van der Waals surface area contributed by atoms with Gasteiger partial charge in [-0.05, 0) is 33.6 Å². The van der Waals surface area contributed by atoms with Crippen LogP contribution in [0.1, 0.15) is 59.3 Å². The lowest BCUT2D eigenvalue weighted by Crippen LogP contribution is -2.45. The number of hydrogen-bond acceptors (Lipinski definition) is 4. The van der Waals surface area contributed by atoms with Gasteiger partial charge in [-0.1, -0.05) is 25.7 Å². The van der Waals surface area contributed by atoms with E-state index in [1.165, 1.54) is 32.1 Å². The molecular formula is C19H43N3O3Si. The summed E-state index contributed by atoms with van der Waals surface area (Å²) in [5, 5.41) is 0. The van der Waals surface area contributed by atoms with Gasteiger partial charge in [0.25, 0.3) is 0 Å². The second-order valence-electron chi connectivity index (χ2n) is 6.69. The maximum atomic E-state index is 5.91. The van der Waals surface area contributed by atoms with Gasteiger partial charge < -0.3 is 23.1 Å². The number of guanidine groups is 1. The van der Waals surface area contributed by atoms with E-state index in [1.54, 1.807) is 0 Å². The molecule has 0 N–H and O–H groups in total. The van der Waals surface area contributed by atoms with E-state index in [0.717, 1.165) is 25.0 Å². The van der Waals surface area contributed by atoms with Crippen molar-refractivity contribution in [2.24, 2.45) is 4.99 Å². The highest BCUT2D eigenvalue weighted by molar-refractivity contribution is 6.60. The van der Waals surface area contributed by atoms with Crippen LogP contribution in [0.15, 0.2) is 4.99 Å². The number of unbranched alkanes of at least 4 members (excludes halogenated alkanes) is 5. The standard InChI is InChI=1S/C19H43N3O3Si/c1-8-23-26(24-9-2,25-10-3)18-16-14-12-11-13-15-17-22(7)19(20-4)21(5)6/h8-18H2,1-7H3. The van der Waals surface area contributed by atoms with Gasteiger partial charge in [0.2, 0.25) is 0 Å². The Labute approximate surface area is 163 Å². The molecule has 0 aliphatic carbocycles. The highest BCUT2D eigenvalue weighted by atomic mass is 28.4. The minimum atomic E-state index is -2.44. The Bertz CT molecular complexity index is 351. The first-order valence-corrected chi connectivity index (χ1v) is 12.2. The molecule has 0 saturated carbocycles. The highest BCUT2D eigenvalue weighted by Gasteiger charge is 2.39. The van der Waals surface area contributed by atoms with Crippen molar-refractivity contribution in [3.05, 3.63) is 0 Å². The topological polar surface area (TPSA) is 46.5 Å². The molecule has 0 unspecified atom stereocenters. The minimum Gasteiger partial charge on any atom is -0.374 e. The molecule has 7 heteroatoms. The molecule has 0 aliphatic rings. The van der Waals surface area contributed by atoms with Crippen molar-refractivity contribution < 1.29 is 13.3 Å². The molecule has 0 aromatic carbocycles. The molecule has 0 bridgehead atoms. The molecule has 0 rings (SSSR count). The van der Waals surface area contributed by atoms with E-state index in [9.17, 15) is 0 Å². The van der Waals surface area contributed by atoms with Crippen LogP contribution >= 0.6 is 0 Å². The quantitative estimate of drug-likeness (QED) is 0.184. The van der Waals surface area contributed by atoms with Crippen LogP contribution in [0.2, 0.25) is 6.04 Å². The molecule has 0 fully saturated rings. The van der Waals surface area contributed by atoms with Crippen LogP contribution in [-0.4, -0.2) is 79.1 Å². The zero-order valence-electron chi connectivity index (χ0n) is 18.3. The second-order valence-corrected chi connectivity index (χ2v) is 9.43. The van der Waals surface area contributed by atoms with E-state index in [2.05, 4.69) is 21.8 Å². The number of aliphatic imine (C=N–C) groups is 1. The van der Waals surface area contributed by atoms with Crippen LogP contribution in [0.3, 0.4) is 0 Å². The predicted molar refractivity (Wildman–Crippen MR) is 113 cm³/mol. The Morgan fingerprint density at radius 2 is 1.23 bits per heavy atom. The maximum absolute atomic E-state index is 5.91. The Balaban J connectivity index is 3.94. The van der Waals surface area contributed by atoms with Crippen molar-refractivity contribution in [1.29, 1.82) is 0 Å². The summed E-state index contributed by atoms with van der Waals surface area (Å²) in [7, 11) is 5.60. The minimum absolute atomic E-state index is 0.662. The lowest BCUT2D eigenvalue weighted by Gasteiger charge is -2.28. The van der Waals surface area contributed by atoms with Gasteiger partial charge in [0.15, 0.2) is 5.96 Å². The lowest BCUT2D eigenvalue weighted by molar-refractivity contribution is 0.0706. The van der Waals surface area contributed by atoms with Crippen LogP contribution in [0.25, 0.3) is 0 Å². The van der Waals surface area contributed by atoms with Crippen LogP contribution in [0.4, 0.5) is 0 Å². The molecule has 0 radical (unpaired) electrons. The van der Waals surface area contributed by atoms with Gasteiger partial charge in [-0.15, -0.1) is 0 Å². The van der Waals surface area contributed by atoms with E-state index in [1.807, 2.05) is 41.9 Å². The van der Waals surface area contributed by atoms with E-state index < -0.39 is 8.80 Å². The predicted octanol–water partition coefficient (Wildman–Crippen LogP) is 3.85. The fraction of sp³-hybridized carbons (Fsp3) is 0.947. The third kappa shape index (κ3) is 10.5. The van der Waals surface area contributed by atoms with E-state index >= 15 is 0 Å². The molecule has 0 aromatic heterocycles. The molecule has 0 aliphatic heterocycles. The Morgan fingerprint density at radius 1 is 0.769 bits per heavy atom. The van der Waals surface area contributed by atoms with Gasteiger partial charge in [-0.3, -0.25) is 4.99 Å². The first-order valence-electron chi connectivity index (χ1n) is 10.2. The molecule has 0 atom stereocenters. The largest absolute Gasteiger partial charge is 0.500 e. The molecule has 6 nitrogen and oxygen atoms in total. The average Bonchev–Trinajstić information content (AvgIpc) is 2.58. The third-order valence-corrected chi connectivity index (χ3v) is 7.41. The molecule has 0 aromatic rings. The summed E-state index contributed by atoms with van der Waals surface area (Å²) in [6.07, 6.45) is 7.36. The SMILES string of the molecule is CCO[Si](CCCCCCCCN(C)C(=NC)N(C)C)(OCC)OCC. The first-order chi connectivity index (χ1) is 12.5. The molecule has 0 amide bonds. The number of nitrogens with zero attached hydrogens (tertiary/aromatic N) is 3. The highest BCUT2D eigenvalue weighted by Crippen LogP contribution is 2.20. The van der Waals surface area contributed by atoms with Crippen LogP contribution in [0.5, 0.6) is 0 Å². The van der Waals surface area contributed by atoms with Crippen molar-refractivity contribution in [3.8, 4) is 0 Å². The zero-order valence-corrected chi connectivity index (χ0v) is 19.3. The zero-order chi connectivity index (χ0) is 19.8. The van der Waals surface area contributed by atoms with Gasteiger partial charge in [0.1, 0.15) is 0 Å². The van der Waals surface area contributed by atoms with E-state index in [4.69, 9.17) is 13.3 Å². The van der Waals surface area contributed by atoms with E-state index in [-0.39, 0.29) is 0 Å². The lowest BCUT2D eigenvalue weighted by atomic mass is 10.1. The Kier molecular flexibility index (Phi) is 15.1. The molecule has 0 spiro atoms. The van der Waals surface area contributed by atoms with E-state index in [0.29, 0.717) is 19.8 Å². The summed E-state index contributed by atoms with van der Waals surface area (Å²) in [5.74, 6) is 1.04. The summed E-state index contributed by atoms with van der Waals surface area (Å²) in [6, 6.07) is 0.935. The normalized spacial score (nSPS) is 12.5. The second kappa shape index (κ2) is 15.4. The van der Waals surface area contributed by atoms with Crippen molar-refractivity contribution in [2.45, 2.75) is 65.3 Å². The van der Waals surface area contributed by atoms with Gasteiger partial charge in [0.05, 0.1) is 0 Å². The smallest absolute Gasteiger partial charge is 0.374 e. The van der Waals surface area contributed by atoms with Gasteiger partial charge in [0, 0.05) is 60.6 Å². The van der Waals surface area contributed by atoms with Gasteiger partial charge in [-0.2, -0.15) is 0 Å². The van der Waals surface area contributed by atoms with Gasteiger partial charge in [-0.25, -0.2) is 0 Å². The molecule has 156 valence electrons. The molecule has 26 heavy (non-hydrogen) atoms. The van der Waals surface area contributed by atoms with Crippen LogP contribution < -0.4 is 0 Å². The van der Waals surface area contributed by atoms with Crippen molar-refractivity contribution in [3.63, 3.8) is 0 Å². The summed E-state index contributed by atoms with van der Waals surface area (Å²) in [4.78, 5) is 8.62. The average molecular weight is 390 g/mol. The summed E-state index contributed by atoms with van der Waals surface area (Å²) >= 11 is 0. The van der Waals surface area contributed by atoms with Crippen molar-refractivity contribution in [1.82, 2.24) is 9.80 Å². The monoisotopic (exact) mass is 389 g/mol. The fourth-order valence-corrected chi connectivity index (χ4v) is 5.90. The molecular weight excluding hydrogens is 346 g/mol. The summed E-state index contributed by atoms with van der Waals surface area (Å²) in [5.41, 5.74) is 0. The molecule has 0 heterocycles. The molecule has 0 saturated heterocycles. The Hall–Kier alpha value is -0.633. The Morgan fingerprint density at radius 3 is 1.65 bits per heavy atom. The van der Waals surface area contributed by atoms with Crippen LogP contribution in [-0.2, 0) is 13.3 Å². The van der Waals surface area contributed by atoms with Gasteiger partial charge >= 0.3 is 8.80 Å².